The molecular formula is C22H28N2O2. The molecule has 2 aliphatic heterocycles. The SMILES string of the molecule is O=C(C1CC1)N1CC[C@@H]2[C@H](CO)Nc3ccc(C4=CCCCC4)cc3[C@@H]21. The van der Waals surface area contributed by atoms with Crippen LogP contribution >= 0.6 is 0 Å². The molecule has 1 amide bonds. The number of carbonyl (C=O) groups excluding carboxylic acids is 1. The standard InChI is InChI=1S/C22H28N2O2/c25-13-20-17-10-11-24(22(26)15-6-7-15)21(17)18-12-16(8-9-19(18)23-20)14-4-2-1-3-5-14/h4,8-9,12,15,17,20-21,23,25H,1-3,5-7,10-11,13H2/t17-,20+,21-/m1/s1. The molecule has 138 valence electrons. The minimum absolute atomic E-state index is 0.0456. The number of nitrogens with one attached hydrogen (secondary N) is 1. The molecule has 2 N–H and O–H groups in total. The van der Waals surface area contributed by atoms with E-state index < -0.39 is 0 Å². The lowest BCUT2D eigenvalue weighted by molar-refractivity contribution is -0.134. The summed E-state index contributed by atoms with van der Waals surface area (Å²) in [6.07, 6.45) is 10.4. The third-order valence-electron chi connectivity index (χ3n) is 6.74. The van der Waals surface area contributed by atoms with E-state index in [0.717, 1.165) is 37.9 Å². The van der Waals surface area contributed by atoms with Crippen LogP contribution in [0.1, 0.15) is 62.1 Å². The van der Waals surface area contributed by atoms with Gasteiger partial charge in [0.1, 0.15) is 0 Å². The molecule has 4 aliphatic rings. The number of rotatable bonds is 3. The first-order valence-corrected chi connectivity index (χ1v) is 10.3. The highest BCUT2D eigenvalue weighted by Crippen LogP contribution is 2.49. The third-order valence-corrected chi connectivity index (χ3v) is 6.74. The normalized spacial score (nSPS) is 30.3. The molecule has 0 unspecified atom stereocenters. The Labute approximate surface area is 155 Å². The summed E-state index contributed by atoms with van der Waals surface area (Å²) in [5, 5.41) is 13.4. The maximum atomic E-state index is 12.9. The molecule has 3 atom stereocenters. The van der Waals surface area contributed by atoms with Gasteiger partial charge in [-0.3, -0.25) is 4.79 Å². The molecule has 4 nitrogen and oxygen atoms in total. The zero-order valence-electron chi connectivity index (χ0n) is 15.3. The molecule has 1 saturated carbocycles. The number of allylic oxidation sites excluding steroid dienone is 2. The lowest BCUT2D eigenvalue weighted by Gasteiger charge is -2.39. The molecule has 1 aromatic rings. The number of aliphatic hydroxyl groups excluding tert-OH is 1. The number of anilines is 1. The lowest BCUT2D eigenvalue weighted by atomic mass is 9.81. The molecule has 1 saturated heterocycles. The van der Waals surface area contributed by atoms with Crippen molar-refractivity contribution in [1.29, 1.82) is 0 Å². The smallest absolute Gasteiger partial charge is 0.226 e. The van der Waals surface area contributed by atoms with E-state index >= 15 is 0 Å². The van der Waals surface area contributed by atoms with Crippen LogP contribution in [-0.4, -0.2) is 35.1 Å². The summed E-state index contributed by atoms with van der Waals surface area (Å²) >= 11 is 0. The number of aliphatic hydroxyl groups is 1. The van der Waals surface area contributed by atoms with Crippen LogP contribution in [0.15, 0.2) is 24.3 Å². The maximum Gasteiger partial charge on any atom is 0.226 e. The predicted octanol–water partition coefficient (Wildman–Crippen LogP) is 3.73. The average Bonchev–Trinajstić information content (AvgIpc) is 3.45. The minimum atomic E-state index is 0.0456. The number of hydrogen-bond acceptors (Lipinski definition) is 3. The Bertz CT molecular complexity index is 753. The first-order chi connectivity index (χ1) is 12.8. The molecule has 1 aromatic carbocycles. The molecule has 0 radical (unpaired) electrons. The van der Waals surface area contributed by atoms with Crippen LogP contribution < -0.4 is 5.32 Å². The van der Waals surface area contributed by atoms with Gasteiger partial charge in [0.25, 0.3) is 0 Å². The van der Waals surface area contributed by atoms with Gasteiger partial charge in [-0.2, -0.15) is 0 Å². The zero-order chi connectivity index (χ0) is 17.7. The molecule has 5 rings (SSSR count). The van der Waals surface area contributed by atoms with Crippen molar-refractivity contribution < 1.29 is 9.90 Å². The first kappa shape index (κ1) is 16.4. The van der Waals surface area contributed by atoms with Crippen molar-refractivity contribution >= 4 is 17.2 Å². The second-order valence-electron chi connectivity index (χ2n) is 8.41. The van der Waals surface area contributed by atoms with E-state index in [0.29, 0.717) is 11.8 Å². The van der Waals surface area contributed by atoms with E-state index in [2.05, 4.69) is 34.5 Å². The van der Waals surface area contributed by atoms with Crippen LogP contribution in [0.2, 0.25) is 0 Å². The molecular weight excluding hydrogens is 324 g/mol. The lowest BCUT2D eigenvalue weighted by Crippen LogP contribution is -2.43. The van der Waals surface area contributed by atoms with Crippen molar-refractivity contribution in [2.45, 2.75) is 57.0 Å². The quantitative estimate of drug-likeness (QED) is 0.871. The van der Waals surface area contributed by atoms with Crippen molar-refractivity contribution in [3.05, 3.63) is 35.4 Å². The Morgan fingerprint density at radius 3 is 2.85 bits per heavy atom. The summed E-state index contributed by atoms with van der Waals surface area (Å²) in [4.78, 5) is 15.0. The summed E-state index contributed by atoms with van der Waals surface area (Å²) in [7, 11) is 0. The largest absolute Gasteiger partial charge is 0.394 e. The Balaban J connectivity index is 1.54. The van der Waals surface area contributed by atoms with Gasteiger partial charge < -0.3 is 15.3 Å². The highest BCUT2D eigenvalue weighted by Gasteiger charge is 2.48. The molecule has 2 heterocycles. The second-order valence-corrected chi connectivity index (χ2v) is 8.41. The zero-order valence-corrected chi connectivity index (χ0v) is 15.3. The fourth-order valence-electron chi connectivity index (χ4n) is 5.17. The summed E-state index contributed by atoms with van der Waals surface area (Å²) in [5.74, 6) is 0.902. The van der Waals surface area contributed by atoms with Crippen LogP contribution in [-0.2, 0) is 4.79 Å². The summed E-state index contributed by atoms with van der Waals surface area (Å²) < 4.78 is 0. The highest BCUT2D eigenvalue weighted by molar-refractivity contribution is 5.82. The number of carbonyl (C=O) groups is 1. The number of amides is 1. The van der Waals surface area contributed by atoms with Crippen molar-refractivity contribution in [2.75, 3.05) is 18.5 Å². The first-order valence-electron chi connectivity index (χ1n) is 10.3. The summed E-state index contributed by atoms with van der Waals surface area (Å²) in [5.41, 5.74) is 5.13. The molecule has 0 bridgehead atoms. The van der Waals surface area contributed by atoms with Crippen molar-refractivity contribution in [1.82, 2.24) is 4.90 Å². The second kappa shape index (κ2) is 6.41. The summed E-state index contributed by atoms with van der Waals surface area (Å²) in [6, 6.07) is 6.87. The molecule has 0 spiro atoms. The minimum Gasteiger partial charge on any atom is -0.394 e. The number of hydrogen-bond donors (Lipinski definition) is 2. The maximum absolute atomic E-state index is 12.9. The van der Waals surface area contributed by atoms with Crippen molar-refractivity contribution in [2.24, 2.45) is 11.8 Å². The van der Waals surface area contributed by atoms with Gasteiger partial charge in [-0.15, -0.1) is 0 Å². The number of fused-ring (bicyclic) bond motifs is 3. The van der Waals surface area contributed by atoms with E-state index in [1.165, 1.54) is 36.0 Å². The van der Waals surface area contributed by atoms with Crippen molar-refractivity contribution in [3.8, 4) is 0 Å². The number of nitrogens with zero attached hydrogens (tertiary/aromatic N) is 1. The predicted molar refractivity (Wildman–Crippen MR) is 103 cm³/mol. The number of likely N-dealkylation sites (tertiary alicyclic amines) is 1. The fourth-order valence-corrected chi connectivity index (χ4v) is 5.17. The highest BCUT2D eigenvalue weighted by atomic mass is 16.3. The van der Waals surface area contributed by atoms with Crippen LogP contribution in [0.4, 0.5) is 5.69 Å². The van der Waals surface area contributed by atoms with Gasteiger partial charge in [0.2, 0.25) is 5.91 Å². The fraction of sp³-hybridized carbons (Fsp3) is 0.591. The van der Waals surface area contributed by atoms with Crippen LogP contribution in [0, 0.1) is 11.8 Å². The average molecular weight is 352 g/mol. The van der Waals surface area contributed by atoms with Gasteiger partial charge in [-0.1, -0.05) is 12.1 Å². The van der Waals surface area contributed by atoms with Gasteiger partial charge in [0.15, 0.2) is 0 Å². The Kier molecular flexibility index (Phi) is 4.04. The molecule has 0 aromatic heterocycles. The molecule has 26 heavy (non-hydrogen) atoms. The van der Waals surface area contributed by atoms with Gasteiger partial charge in [-0.05, 0) is 73.8 Å². The molecule has 2 aliphatic carbocycles. The Morgan fingerprint density at radius 2 is 2.12 bits per heavy atom. The van der Waals surface area contributed by atoms with Crippen LogP contribution in [0.5, 0.6) is 0 Å². The monoisotopic (exact) mass is 352 g/mol. The third kappa shape index (κ3) is 2.66. The Morgan fingerprint density at radius 1 is 1.23 bits per heavy atom. The van der Waals surface area contributed by atoms with Gasteiger partial charge in [0, 0.05) is 24.1 Å². The van der Waals surface area contributed by atoms with E-state index in [1.807, 2.05) is 0 Å². The van der Waals surface area contributed by atoms with Crippen LogP contribution in [0.3, 0.4) is 0 Å². The van der Waals surface area contributed by atoms with Crippen molar-refractivity contribution in [3.63, 3.8) is 0 Å². The van der Waals surface area contributed by atoms with E-state index in [-0.39, 0.29) is 24.6 Å². The topological polar surface area (TPSA) is 52.6 Å². The van der Waals surface area contributed by atoms with E-state index in [1.54, 1.807) is 0 Å². The number of benzene rings is 1. The molecule has 2 fully saturated rings. The molecule has 4 heteroatoms. The van der Waals surface area contributed by atoms with E-state index in [4.69, 9.17) is 0 Å². The van der Waals surface area contributed by atoms with E-state index in [9.17, 15) is 9.90 Å². The van der Waals surface area contributed by atoms with Gasteiger partial charge in [-0.25, -0.2) is 0 Å². The van der Waals surface area contributed by atoms with Gasteiger partial charge >= 0.3 is 0 Å². The Hall–Kier alpha value is -1.81. The summed E-state index contributed by atoms with van der Waals surface area (Å²) in [6.45, 7) is 0.953. The van der Waals surface area contributed by atoms with Crippen LogP contribution in [0.25, 0.3) is 5.57 Å². The van der Waals surface area contributed by atoms with Gasteiger partial charge in [0.05, 0.1) is 18.7 Å².